The highest BCUT2D eigenvalue weighted by Gasteiger charge is 2.04. The number of nitriles is 1. The molecular weight excluding hydrogens is 254 g/mol. The summed E-state index contributed by atoms with van der Waals surface area (Å²) >= 11 is 0. The molecule has 1 aromatic rings. The van der Waals surface area contributed by atoms with E-state index >= 15 is 0 Å². The third-order valence-corrected chi connectivity index (χ3v) is 3.07. The molecule has 0 saturated heterocycles. The van der Waals surface area contributed by atoms with E-state index in [1.54, 1.807) is 6.08 Å². The van der Waals surface area contributed by atoms with Crippen LogP contribution < -0.4 is 0 Å². The maximum atomic E-state index is 8.88. The first-order valence-corrected chi connectivity index (χ1v) is 6.84. The average molecular weight is 275 g/mol. The summed E-state index contributed by atoms with van der Waals surface area (Å²) < 4.78 is 0. The van der Waals surface area contributed by atoms with E-state index in [1.807, 2.05) is 43.3 Å². The molecule has 0 bridgehead atoms. The van der Waals surface area contributed by atoms with Crippen molar-refractivity contribution in [2.75, 3.05) is 0 Å². The first-order valence-electron chi connectivity index (χ1n) is 6.84. The minimum atomic E-state index is 0.661. The molecule has 106 valence electrons. The third-order valence-electron chi connectivity index (χ3n) is 3.07. The number of rotatable bonds is 5. The summed E-state index contributed by atoms with van der Waals surface area (Å²) in [5.41, 5.74) is 6.15. The summed E-state index contributed by atoms with van der Waals surface area (Å²) in [5.74, 6) is 0. The Labute approximate surface area is 127 Å². The Balaban J connectivity index is 3.34. The van der Waals surface area contributed by atoms with Gasteiger partial charge in [-0.3, -0.25) is 0 Å². The van der Waals surface area contributed by atoms with E-state index in [0.29, 0.717) is 5.56 Å². The molecule has 21 heavy (non-hydrogen) atoms. The summed E-state index contributed by atoms with van der Waals surface area (Å²) in [6.45, 7) is 13.9. The number of allylic oxidation sites excluding steroid dienone is 8. The topological polar surface area (TPSA) is 23.8 Å². The molecule has 0 spiro atoms. The fourth-order valence-corrected chi connectivity index (χ4v) is 1.86. The average Bonchev–Trinajstić information content (AvgIpc) is 2.47. The van der Waals surface area contributed by atoms with Crippen LogP contribution in [0.15, 0.2) is 78.4 Å². The second-order valence-electron chi connectivity index (χ2n) is 5.08. The fourth-order valence-electron chi connectivity index (χ4n) is 1.86. The molecule has 1 rings (SSSR count). The number of nitrogens with zero attached hydrogens (tertiary/aromatic N) is 1. The van der Waals surface area contributed by atoms with E-state index in [1.165, 1.54) is 5.57 Å². The van der Waals surface area contributed by atoms with Crippen molar-refractivity contribution in [3.8, 4) is 6.07 Å². The van der Waals surface area contributed by atoms with Crippen molar-refractivity contribution < 1.29 is 0 Å². The molecule has 0 unspecified atom stereocenters. The van der Waals surface area contributed by atoms with E-state index in [2.05, 4.69) is 39.2 Å². The maximum absolute atomic E-state index is 8.88. The van der Waals surface area contributed by atoms with Crippen LogP contribution in [0.1, 0.15) is 31.9 Å². The van der Waals surface area contributed by atoms with Crippen LogP contribution >= 0.6 is 0 Å². The molecule has 0 saturated carbocycles. The van der Waals surface area contributed by atoms with Crippen molar-refractivity contribution in [1.82, 2.24) is 0 Å². The van der Waals surface area contributed by atoms with E-state index in [0.717, 1.165) is 22.3 Å². The van der Waals surface area contributed by atoms with Crippen molar-refractivity contribution in [3.05, 3.63) is 89.6 Å². The predicted octanol–water partition coefficient (Wildman–Crippen LogP) is 5.60. The summed E-state index contributed by atoms with van der Waals surface area (Å²) in [4.78, 5) is 0. The molecule has 0 atom stereocenters. The number of benzene rings is 1. The fraction of sp³-hybridized carbons (Fsp3) is 0.150. The van der Waals surface area contributed by atoms with Gasteiger partial charge in [0, 0.05) is 0 Å². The van der Waals surface area contributed by atoms with E-state index in [9.17, 15) is 0 Å². The molecule has 1 nitrogen and oxygen atoms in total. The monoisotopic (exact) mass is 275 g/mol. The molecular formula is C20H21N. The van der Waals surface area contributed by atoms with Gasteiger partial charge in [-0.25, -0.2) is 0 Å². The first kappa shape index (κ1) is 16.5. The second kappa shape index (κ2) is 7.87. The van der Waals surface area contributed by atoms with Gasteiger partial charge in [0.05, 0.1) is 11.6 Å². The molecule has 0 aliphatic carbocycles. The molecule has 0 aliphatic rings. The Morgan fingerprint density at radius 3 is 2.19 bits per heavy atom. The van der Waals surface area contributed by atoms with Crippen LogP contribution in [0, 0.1) is 11.3 Å². The quantitative estimate of drug-likeness (QED) is 0.642. The smallest absolute Gasteiger partial charge is 0.0991 e. The molecule has 0 radical (unpaired) electrons. The van der Waals surface area contributed by atoms with Crippen LogP contribution in [-0.4, -0.2) is 0 Å². The van der Waals surface area contributed by atoms with Gasteiger partial charge in [-0.1, -0.05) is 54.7 Å². The number of hydrogen-bond donors (Lipinski definition) is 0. The van der Waals surface area contributed by atoms with Crippen LogP contribution in [0.25, 0.3) is 5.57 Å². The van der Waals surface area contributed by atoms with Gasteiger partial charge < -0.3 is 0 Å². The number of hydrogen-bond acceptors (Lipinski definition) is 1. The lowest BCUT2D eigenvalue weighted by Gasteiger charge is -2.09. The molecule has 1 heteroatoms. The summed E-state index contributed by atoms with van der Waals surface area (Å²) in [5, 5.41) is 8.88. The van der Waals surface area contributed by atoms with Gasteiger partial charge in [0.15, 0.2) is 0 Å². The van der Waals surface area contributed by atoms with Crippen LogP contribution in [0.3, 0.4) is 0 Å². The Kier molecular flexibility index (Phi) is 6.17. The zero-order valence-electron chi connectivity index (χ0n) is 13.0. The van der Waals surface area contributed by atoms with Crippen molar-refractivity contribution in [3.63, 3.8) is 0 Å². The van der Waals surface area contributed by atoms with E-state index < -0.39 is 0 Å². The van der Waals surface area contributed by atoms with Gasteiger partial charge in [-0.2, -0.15) is 5.26 Å². The summed E-state index contributed by atoms with van der Waals surface area (Å²) in [7, 11) is 0. The van der Waals surface area contributed by atoms with Crippen molar-refractivity contribution in [2.24, 2.45) is 0 Å². The SMILES string of the molecule is C=C/C=C\C(/C=C(\C(=C)C)c1ccc(C#N)cc1)=C(C)C. The van der Waals surface area contributed by atoms with Crippen molar-refractivity contribution in [2.45, 2.75) is 20.8 Å². The lowest BCUT2D eigenvalue weighted by Crippen LogP contribution is -1.89. The largest absolute Gasteiger partial charge is 0.192 e. The van der Waals surface area contributed by atoms with Gasteiger partial charge >= 0.3 is 0 Å². The molecule has 0 aromatic heterocycles. The Bertz CT molecular complexity index is 655. The van der Waals surface area contributed by atoms with Gasteiger partial charge in [-0.05, 0) is 55.7 Å². The van der Waals surface area contributed by atoms with Gasteiger partial charge in [-0.15, -0.1) is 0 Å². The van der Waals surface area contributed by atoms with E-state index in [-0.39, 0.29) is 0 Å². The molecule has 0 aliphatic heterocycles. The van der Waals surface area contributed by atoms with E-state index in [4.69, 9.17) is 5.26 Å². The van der Waals surface area contributed by atoms with Crippen LogP contribution in [-0.2, 0) is 0 Å². The Morgan fingerprint density at radius 2 is 1.76 bits per heavy atom. The van der Waals surface area contributed by atoms with Crippen molar-refractivity contribution >= 4 is 5.57 Å². The molecule has 0 fully saturated rings. The highest BCUT2D eigenvalue weighted by Crippen LogP contribution is 2.25. The highest BCUT2D eigenvalue weighted by atomic mass is 14.2. The molecule has 0 N–H and O–H groups in total. The summed E-state index contributed by atoms with van der Waals surface area (Å²) in [6, 6.07) is 9.70. The standard InChI is InChI=1S/C20H21N/c1-6-7-8-19(15(2)3)13-20(16(4)5)18-11-9-17(14-21)10-12-18/h6-13H,1,4H2,2-3,5H3/b8-7-,20-13+. The van der Waals surface area contributed by atoms with Crippen LogP contribution in [0.5, 0.6) is 0 Å². The Morgan fingerprint density at radius 1 is 1.14 bits per heavy atom. The lowest BCUT2D eigenvalue weighted by molar-refractivity contribution is 1.34. The first-order chi connectivity index (χ1) is 9.99. The predicted molar refractivity (Wildman–Crippen MR) is 91.7 cm³/mol. The second-order valence-corrected chi connectivity index (χ2v) is 5.08. The lowest BCUT2D eigenvalue weighted by atomic mass is 9.95. The zero-order chi connectivity index (χ0) is 15.8. The van der Waals surface area contributed by atoms with Crippen LogP contribution in [0.4, 0.5) is 0 Å². The maximum Gasteiger partial charge on any atom is 0.0991 e. The normalized spacial score (nSPS) is 11.0. The zero-order valence-corrected chi connectivity index (χ0v) is 13.0. The van der Waals surface area contributed by atoms with Gasteiger partial charge in [0.25, 0.3) is 0 Å². The molecule has 1 aromatic carbocycles. The van der Waals surface area contributed by atoms with Crippen LogP contribution in [0.2, 0.25) is 0 Å². The van der Waals surface area contributed by atoms with Gasteiger partial charge in [0.2, 0.25) is 0 Å². The third kappa shape index (κ3) is 4.78. The Hall–Kier alpha value is -2.59. The summed E-state index contributed by atoms with van der Waals surface area (Å²) in [6.07, 6.45) is 7.85. The molecule has 0 heterocycles. The highest BCUT2D eigenvalue weighted by molar-refractivity contribution is 5.80. The minimum absolute atomic E-state index is 0.661. The van der Waals surface area contributed by atoms with Crippen molar-refractivity contribution in [1.29, 1.82) is 5.26 Å². The van der Waals surface area contributed by atoms with Gasteiger partial charge in [0.1, 0.15) is 0 Å². The minimum Gasteiger partial charge on any atom is -0.192 e. The molecule has 0 amide bonds.